The number of hydrogen-bond donors (Lipinski definition) is 1. The SMILES string of the molecule is O=C(Nc1ccc(Cl)cn1)C1CCCN(c2ccc3cc([N+](=O)[O-])ccc3n2)C1. The molecule has 1 N–H and O–H groups in total. The molecule has 0 bridgehead atoms. The zero-order valence-corrected chi connectivity index (χ0v) is 16.2. The maximum atomic E-state index is 12.6. The van der Waals surface area contributed by atoms with Gasteiger partial charge in [0, 0.05) is 36.8 Å². The highest BCUT2D eigenvalue weighted by Gasteiger charge is 2.27. The Kier molecular flexibility index (Phi) is 5.26. The molecule has 1 aliphatic heterocycles. The average Bonchev–Trinajstić information content (AvgIpc) is 2.74. The Hall–Kier alpha value is -3.26. The Morgan fingerprint density at radius 3 is 2.86 bits per heavy atom. The van der Waals surface area contributed by atoms with Crippen molar-refractivity contribution in [2.45, 2.75) is 12.8 Å². The maximum absolute atomic E-state index is 12.6. The molecule has 3 heterocycles. The molecule has 0 saturated carbocycles. The highest BCUT2D eigenvalue weighted by molar-refractivity contribution is 6.30. The molecule has 29 heavy (non-hydrogen) atoms. The molecule has 1 aromatic carbocycles. The van der Waals surface area contributed by atoms with Crippen molar-refractivity contribution in [1.82, 2.24) is 9.97 Å². The van der Waals surface area contributed by atoms with E-state index in [0.29, 0.717) is 28.3 Å². The van der Waals surface area contributed by atoms with E-state index in [1.165, 1.54) is 18.3 Å². The number of non-ortho nitro benzene ring substituents is 1. The van der Waals surface area contributed by atoms with Crippen molar-refractivity contribution in [2.75, 3.05) is 23.3 Å². The number of carbonyl (C=O) groups is 1. The number of halogens is 1. The van der Waals surface area contributed by atoms with E-state index in [1.54, 1.807) is 18.2 Å². The van der Waals surface area contributed by atoms with Gasteiger partial charge in [-0.1, -0.05) is 11.6 Å². The number of nitrogens with zero attached hydrogens (tertiary/aromatic N) is 4. The highest BCUT2D eigenvalue weighted by atomic mass is 35.5. The standard InChI is InChI=1S/C20H18ClN5O3/c21-15-4-7-18(22-11-15)24-20(27)14-2-1-9-25(12-14)19-8-3-13-10-16(26(28)29)5-6-17(13)23-19/h3-8,10-11,14H,1-2,9,12H2,(H,22,24,27). The molecule has 3 aromatic rings. The number of hydrogen-bond acceptors (Lipinski definition) is 6. The van der Waals surface area contributed by atoms with E-state index in [-0.39, 0.29) is 17.5 Å². The first-order valence-corrected chi connectivity index (χ1v) is 9.60. The third kappa shape index (κ3) is 4.27. The van der Waals surface area contributed by atoms with Gasteiger partial charge < -0.3 is 10.2 Å². The van der Waals surface area contributed by atoms with Gasteiger partial charge in [-0.2, -0.15) is 0 Å². The summed E-state index contributed by atoms with van der Waals surface area (Å²) in [4.78, 5) is 34.0. The molecule has 1 atom stereocenters. The van der Waals surface area contributed by atoms with Gasteiger partial charge in [-0.05, 0) is 43.2 Å². The molecule has 1 aliphatic rings. The van der Waals surface area contributed by atoms with Crippen LogP contribution in [0.1, 0.15) is 12.8 Å². The van der Waals surface area contributed by atoms with E-state index >= 15 is 0 Å². The molecule has 8 nitrogen and oxygen atoms in total. The molecule has 148 valence electrons. The van der Waals surface area contributed by atoms with Crippen LogP contribution in [0.2, 0.25) is 5.02 Å². The van der Waals surface area contributed by atoms with Gasteiger partial charge in [0.1, 0.15) is 11.6 Å². The lowest BCUT2D eigenvalue weighted by Crippen LogP contribution is -2.41. The third-order valence-corrected chi connectivity index (χ3v) is 5.19. The van der Waals surface area contributed by atoms with Crippen molar-refractivity contribution >= 4 is 45.7 Å². The van der Waals surface area contributed by atoms with Crippen LogP contribution in [0.25, 0.3) is 10.9 Å². The Balaban J connectivity index is 1.48. The molecule has 1 fully saturated rings. The van der Waals surface area contributed by atoms with E-state index in [2.05, 4.69) is 20.2 Å². The molecule has 0 spiro atoms. The van der Waals surface area contributed by atoms with E-state index in [0.717, 1.165) is 25.2 Å². The Morgan fingerprint density at radius 1 is 1.24 bits per heavy atom. The predicted octanol–water partition coefficient (Wildman–Crippen LogP) is 4.05. The first-order chi connectivity index (χ1) is 14.0. The largest absolute Gasteiger partial charge is 0.356 e. The van der Waals surface area contributed by atoms with Crippen molar-refractivity contribution < 1.29 is 9.72 Å². The third-order valence-electron chi connectivity index (χ3n) is 4.96. The summed E-state index contributed by atoms with van der Waals surface area (Å²) in [5.74, 6) is 0.965. The number of amides is 1. The topological polar surface area (TPSA) is 101 Å². The second-order valence-corrected chi connectivity index (χ2v) is 7.38. The van der Waals surface area contributed by atoms with E-state index in [9.17, 15) is 14.9 Å². The van der Waals surface area contributed by atoms with Gasteiger partial charge in [0.05, 0.1) is 21.4 Å². The van der Waals surface area contributed by atoms with Crippen molar-refractivity contribution in [3.8, 4) is 0 Å². The van der Waals surface area contributed by atoms with Gasteiger partial charge in [-0.15, -0.1) is 0 Å². The lowest BCUT2D eigenvalue weighted by Gasteiger charge is -2.33. The minimum absolute atomic E-state index is 0.0394. The molecule has 1 unspecified atom stereocenters. The Morgan fingerprint density at radius 2 is 2.10 bits per heavy atom. The van der Waals surface area contributed by atoms with Crippen LogP contribution in [0.3, 0.4) is 0 Å². The number of rotatable bonds is 4. The number of aromatic nitrogens is 2. The highest BCUT2D eigenvalue weighted by Crippen LogP contribution is 2.26. The van der Waals surface area contributed by atoms with Gasteiger partial charge in [-0.3, -0.25) is 14.9 Å². The number of fused-ring (bicyclic) bond motifs is 1. The summed E-state index contributed by atoms with van der Waals surface area (Å²) in [6.07, 6.45) is 3.15. The summed E-state index contributed by atoms with van der Waals surface area (Å²) in [6, 6.07) is 11.6. The fourth-order valence-corrected chi connectivity index (χ4v) is 3.58. The monoisotopic (exact) mass is 411 g/mol. The smallest absolute Gasteiger partial charge is 0.270 e. The number of pyridine rings is 2. The number of piperidine rings is 1. The normalized spacial score (nSPS) is 16.6. The quantitative estimate of drug-likeness (QED) is 0.513. The molecule has 4 rings (SSSR count). The van der Waals surface area contributed by atoms with Crippen LogP contribution in [0.15, 0.2) is 48.7 Å². The van der Waals surface area contributed by atoms with Gasteiger partial charge in [0.2, 0.25) is 5.91 Å². The van der Waals surface area contributed by atoms with Crippen LogP contribution in [0.4, 0.5) is 17.3 Å². The first kappa shape index (κ1) is 19.1. The second-order valence-electron chi connectivity index (χ2n) is 6.94. The van der Waals surface area contributed by atoms with Gasteiger partial charge in [-0.25, -0.2) is 9.97 Å². The van der Waals surface area contributed by atoms with Crippen LogP contribution in [0.5, 0.6) is 0 Å². The van der Waals surface area contributed by atoms with Crippen molar-refractivity contribution in [3.05, 3.63) is 63.8 Å². The second kappa shape index (κ2) is 8.00. The molecule has 9 heteroatoms. The lowest BCUT2D eigenvalue weighted by atomic mass is 9.97. The Bertz CT molecular complexity index is 1070. The molecule has 2 aromatic heterocycles. The van der Waals surface area contributed by atoms with Crippen LogP contribution in [0, 0.1) is 16.0 Å². The molecule has 0 radical (unpaired) electrons. The zero-order chi connectivity index (χ0) is 20.4. The molecule has 1 saturated heterocycles. The van der Waals surface area contributed by atoms with Gasteiger partial charge in [0.15, 0.2) is 0 Å². The average molecular weight is 412 g/mol. The molecular weight excluding hydrogens is 394 g/mol. The summed E-state index contributed by atoms with van der Waals surface area (Å²) in [6.45, 7) is 1.35. The summed E-state index contributed by atoms with van der Waals surface area (Å²) in [5.41, 5.74) is 0.725. The maximum Gasteiger partial charge on any atom is 0.270 e. The minimum Gasteiger partial charge on any atom is -0.356 e. The van der Waals surface area contributed by atoms with E-state index in [4.69, 9.17) is 11.6 Å². The van der Waals surface area contributed by atoms with Crippen LogP contribution in [-0.2, 0) is 4.79 Å². The van der Waals surface area contributed by atoms with Crippen molar-refractivity contribution in [1.29, 1.82) is 0 Å². The van der Waals surface area contributed by atoms with Gasteiger partial charge in [0.25, 0.3) is 5.69 Å². The van der Waals surface area contributed by atoms with E-state index in [1.807, 2.05) is 12.1 Å². The number of nitro benzene ring substituents is 1. The number of carbonyl (C=O) groups excluding carboxylic acids is 1. The number of nitro groups is 1. The van der Waals surface area contributed by atoms with Crippen LogP contribution < -0.4 is 10.2 Å². The summed E-state index contributed by atoms with van der Waals surface area (Å²) in [7, 11) is 0. The molecule has 1 amide bonds. The van der Waals surface area contributed by atoms with E-state index < -0.39 is 4.92 Å². The number of anilines is 2. The number of benzene rings is 1. The van der Waals surface area contributed by atoms with Crippen molar-refractivity contribution in [2.24, 2.45) is 5.92 Å². The fraction of sp³-hybridized carbons (Fsp3) is 0.250. The summed E-state index contributed by atoms with van der Waals surface area (Å²) >= 11 is 5.83. The van der Waals surface area contributed by atoms with Gasteiger partial charge >= 0.3 is 0 Å². The van der Waals surface area contributed by atoms with Crippen LogP contribution >= 0.6 is 11.6 Å². The summed E-state index contributed by atoms with van der Waals surface area (Å²) in [5, 5.41) is 15.0. The predicted molar refractivity (Wildman–Crippen MR) is 111 cm³/mol. The zero-order valence-electron chi connectivity index (χ0n) is 15.4. The fourth-order valence-electron chi connectivity index (χ4n) is 3.47. The summed E-state index contributed by atoms with van der Waals surface area (Å²) < 4.78 is 0. The molecular formula is C20H18ClN5O3. The molecule has 0 aliphatic carbocycles. The Labute approximate surface area is 171 Å². The lowest BCUT2D eigenvalue weighted by molar-refractivity contribution is -0.384. The van der Waals surface area contributed by atoms with Crippen molar-refractivity contribution in [3.63, 3.8) is 0 Å². The first-order valence-electron chi connectivity index (χ1n) is 9.22. The minimum atomic E-state index is -0.420. The van der Waals surface area contributed by atoms with Crippen LogP contribution in [-0.4, -0.2) is 33.9 Å². The number of nitrogens with one attached hydrogen (secondary N) is 1.